The van der Waals surface area contributed by atoms with Crippen molar-refractivity contribution in [3.63, 3.8) is 0 Å². The fourth-order valence-corrected chi connectivity index (χ4v) is 3.31. The number of halogens is 2. The highest BCUT2D eigenvalue weighted by Gasteiger charge is 2.28. The second kappa shape index (κ2) is 9.77. The first-order valence-corrected chi connectivity index (χ1v) is 9.62. The van der Waals surface area contributed by atoms with Crippen molar-refractivity contribution in [1.82, 2.24) is 10.2 Å². The van der Waals surface area contributed by atoms with Crippen LogP contribution in [0.5, 0.6) is 0 Å². The Bertz CT molecular complexity index is 824. The third-order valence-electron chi connectivity index (χ3n) is 4.57. The van der Waals surface area contributed by atoms with Crippen molar-refractivity contribution in [2.45, 2.75) is 39.3 Å². The topological polar surface area (TPSA) is 49.4 Å². The Morgan fingerprint density at radius 2 is 1.81 bits per heavy atom. The van der Waals surface area contributed by atoms with Gasteiger partial charge in [-0.3, -0.25) is 9.59 Å². The minimum Gasteiger partial charge on any atom is -0.357 e. The fourth-order valence-electron chi connectivity index (χ4n) is 2.99. The molecule has 0 fully saturated rings. The number of benzene rings is 2. The zero-order valence-corrected chi connectivity index (χ0v) is 17.3. The van der Waals surface area contributed by atoms with Gasteiger partial charge in [-0.1, -0.05) is 60.5 Å². The molecule has 2 aromatic carbocycles. The summed E-state index contributed by atoms with van der Waals surface area (Å²) < 4.78 is 0. The van der Waals surface area contributed by atoms with Crippen LogP contribution in [0.25, 0.3) is 0 Å². The van der Waals surface area contributed by atoms with E-state index in [4.69, 9.17) is 23.2 Å². The highest BCUT2D eigenvalue weighted by atomic mass is 35.5. The van der Waals surface area contributed by atoms with Crippen molar-refractivity contribution in [3.05, 3.63) is 69.2 Å². The van der Waals surface area contributed by atoms with Gasteiger partial charge in [-0.25, -0.2) is 0 Å². The fraction of sp³-hybridized carbons (Fsp3) is 0.333. The SMILES string of the molecule is CCC(C(=O)NC)N(Cc1ccc(Cl)c(Cl)c1)C(=O)Cc1ccccc1C. The van der Waals surface area contributed by atoms with Crippen molar-refractivity contribution >= 4 is 35.0 Å². The summed E-state index contributed by atoms with van der Waals surface area (Å²) in [5.74, 6) is -0.290. The molecular weight excluding hydrogens is 383 g/mol. The Morgan fingerprint density at radius 3 is 2.41 bits per heavy atom. The van der Waals surface area contributed by atoms with Crippen LogP contribution in [-0.4, -0.2) is 29.8 Å². The predicted octanol–water partition coefficient (Wildman–Crippen LogP) is 4.40. The number of carbonyl (C=O) groups is 2. The van der Waals surface area contributed by atoms with Gasteiger partial charge in [0.15, 0.2) is 0 Å². The van der Waals surface area contributed by atoms with Gasteiger partial charge in [0.05, 0.1) is 16.5 Å². The Labute approximate surface area is 170 Å². The van der Waals surface area contributed by atoms with Crippen molar-refractivity contribution in [1.29, 1.82) is 0 Å². The first kappa shape index (κ1) is 21.3. The van der Waals surface area contributed by atoms with Crippen molar-refractivity contribution in [3.8, 4) is 0 Å². The Morgan fingerprint density at radius 1 is 1.11 bits per heavy atom. The highest BCUT2D eigenvalue weighted by molar-refractivity contribution is 6.42. The molecule has 2 amide bonds. The molecule has 0 aliphatic heterocycles. The molecule has 0 aliphatic carbocycles. The molecule has 2 aromatic rings. The lowest BCUT2D eigenvalue weighted by Crippen LogP contribution is -2.48. The molecule has 1 N–H and O–H groups in total. The zero-order valence-electron chi connectivity index (χ0n) is 15.8. The van der Waals surface area contributed by atoms with Gasteiger partial charge < -0.3 is 10.2 Å². The van der Waals surface area contributed by atoms with Crippen LogP contribution in [0.3, 0.4) is 0 Å². The summed E-state index contributed by atoms with van der Waals surface area (Å²) in [7, 11) is 1.58. The van der Waals surface area contributed by atoms with Gasteiger partial charge in [-0.05, 0) is 42.2 Å². The molecular formula is C21H24Cl2N2O2. The molecule has 0 saturated heterocycles. The van der Waals surface area contributed by atoms with Crippen molar-refractivity contribution < 1.29 is 9.59 Å². The normalized spacial score (nSPS) is 11.7. The first-order valence-electron chi connectivity index (χ1n) is 8.86. The maximum Gasteiger partial charge on any atom is 0.242 e. The number of likely N-dealkylation sites (N-methyl/N-ethyl adjacent to an activating group) is 1. The van der Waals surface area contributed by atoms with E-state index in [0.717, 1.165) is 16.7 Å². The number of aryl methyl sites for hydroxylation is 1. The first-order chi connectivity index (χ1) is 12.9. The van der Waals surface area contributed by atoms with E-state index in [0.29, 0.717) is 16.5 Å². The summed E-state index contributed by atoms with van der Waals surface area (Å²) in [5, 5.41) is 3.53. The van der Waals surface area contributed by atoms with Crippen LogP contribution in [0.1, 0.15) is 30.0 Å². The average Bonchev–Trinajstić information content (AvgIpc) is 2.65. The monoisotopic (exact) mass is 406 g/mol. The number of hydrogen-bond donors (Lipinski definition) is 1. The summed E-state index contributed by atoms with van der Waals surface area (Å²) in [6.07, 6.45) is 0.752. The molecule has 0 spiro atoms. The molecule has 144 valence electrons. The van der Waals surface area contributed by atoms with E-state index in [1.54, 1.807) is 24.1 Å². The van der Waals surface area contributed by atoms with Crippen LogP contribution in [0.4, 0.5) is 0 Å². The molecule has 0 heterocycles. The van der Waals surface area contributed by atoms with Crippen molar-refractivity contribution in [2.24, 2.45) is 0 Å². The van der Waals surface area contributed by atoms with Gasteiger partial charge in [0.2, 0.25) is 11.8 Å². The zero-order chi connectivity index (χ0) is 20.0. The van der Waals surface area contributed by atoms with Crippen LogP contribution in [0, 0.1) is 6.92 Å². The number of nitrogens with one attached hydrogen (secondary N) is 1. The maximum atomic E-state index is 13.1. The summed E-state index contributed by atoms with van der Waals surface area (Å²) >= 11 is 12.1. The lowest BCUT2D eigenvalue weighted by molar-refractivity contribution is -0.140. The predicted molar refractivity (Wildman–Crippen MR) is 110 cm³/mol. The smallest absolute Gasteiger partial charge is 0.242 e. The van der Waals surface area contributed by atoms with Gasteiger partial charge >= 0.3 is 0 Å². The third kappa shape index (κ3) is 5.47. The average molecular weight is 407 g/mol. The van der Waals surface area contributed by atoms with Crippen LogP contribution in [0.2, 0.25) is 10.0 Å². The molecule has 27 heavy (non-hydrogen) atoms. The van der Waals surface area contributed by atoms with Gasteiger partial charge in [0.1, 0.15) is 6.04 Å². The number of nitrogens with zero attached hydrogens (tertiary/aromatic N) is 1. The van der Waals surface area contributed by atoms with Crippen LogP contribution in [-0.2, 0) is 22.6 Å². The van der Waals surface area contributed by atoms with E-state index < -0.39 is 6.04 Å². The standard InChI is InChI=1S/C21H24Cl2N2O2/c1-4-19(21(27)24-3)25(13-15-9-10-17(22)18(23)11-15)20(26)12-16-8-6-5-7-14(16)2/h5-11,19H,4,12-13H2,1-3H3,(H,24,27). The number of rotatable bonds is 7. The molecule has 6 heteroatoms. The van der Waals surface area contributed by atoms with E-state index in [1.165, 1.54) is 0 Å². The lowest BCUT2D eigenvalue weighted by Gasteiger charge is -2.30. The number of carbonyl (C=O) groups excluding carboxylic acids is 2. The summed E-state index contributed by atoms with van der Waals surface area (Å²) in [6, 6.07) is 12.5. The van der Waals surface area contributed by atoms with Crippen LogP contribution in [0.15, 0.2) is 42.5 Å². The third-order valence-corrected chi connectivity index (χ3v) is 5.31. The van der Waals surface area contributed by atoms with Gasteiger partial charge in [-0.2, -0.15) is 0 Å². The largest absolute Gasteiger partial charge is 0.357 e. The van der Waals surface area contributed by atoms with Gasteiger partial charge in [0, 0.05) is 13.6 Å². The Kier molecular flexibility index (Phi) is 7.69. The number of hydrogen-bond acceptors (Lipinski definition) is 2. The van der Waals surface area contributed by atoms with E-state index in [1.807, 2.05) is 44.2 Å². The maximum absolute atomic E-state index is 13.1. The summed E-state index contributed by atoms with van der Waals surface area (Å²) in [6.45, 7) is 4.15. The molecule has 4 nitrogen and oxygen atoms in total. The molecule has 1 unspecified atom stereocenters. The molecule has 2 rings (SSSR count). The molecule has 0 radical (unpaired) electrons. The Balaban J connectivity index is 2.33. The highest BCUT2D eigenvalue weighted by Crippen LogP contribution is 2.24. The Hall–Kier alpha value is -2.04. The minimum atomic E-state index is -0.555. The summed E-state index contributed by atoms with van der Waals surface area (Å²) in [4.78, 5) is 27.1. The number of amides is 2. The van der Waals surface area contributed by atoms with Gasteiger partial charge in [0.25, 0.3) is 0 Å². The quantitative estimate of drug-likeness (QED) is 0.740. The minimum absolute atomic E-state index is 0.106. The molecule has 0 saturated carbocycles. The van der Waals surface area contributed by atoms with Crippen molar-refractivity contribution in [2.75, 3.05) is 7.05 Å². The molecule has 0 aromatic heterocycles. The van der Waals surface area contributed by atoms with Crippen LogP contribution >= 0.6 is 23.2 Å². The van der Waals surface area contributed by atoms with Gasteiger partial charge in [-0.15, -0.1) is 0 Å². The van der Waals surface area contributed by atoms with E-state index in [9.17, 15) is 9.59 Å². The van der Waals surface area contributed by atoms with E-state index >= 15 is 0 Å². The van der Waals surface area contributed by atoms with E-state index in [2.05, 4.69) is 5.32 Å². The molecule has 1 atom stereocenters. The second-order valence-electron chi connectivity index (χ2n) is 6.41. The lowest BCUT2D eigenvalue weighted by atomic mass is 10.0. The second-order valence-corrected chi connectivity index (χ2v) is 7.23. The van der Waals surface area contributed by atoms with Crippen LogP contribution < -0.4 is 5.32 Å². The van der Waals surface area contributed by atoms with E-state index in [-0.39, 0.29) is 24.8 Å². The molecule has 0 aliphatic rings. The molecule has 0 bridgehead atoms. The summed E-state index contributed by atoms with van der Waals surface area (Å²) in [5.41, 5.74) is 2.83.